The SMILES string of the molecule is CC(=O)C1CCNCC1.CC(=O)Cc1ccc(N(C)C)cc1.CC(=O)N1CCC(=O)CC1.CC(=O)c1ccc(N2CCN(C(C)=O)CC2)cc1.CC1CCCCO1. The van der Waals surface area contributed by atoms with Crippen LogP contribution < -0.4 is 15.1 Å². The zero-order chi connectivity index (χ0) is 42.3. The van der Waals surface area contributed by atoms with Crippen LogP contribution in [0.2, 0.25) is 0 Å². The molecule has 4 aliphatic rings. The number of nitrogens with one attached hydrogen (secondary N) is 1. The Kier molecular flexibility index (Phi) is 22.6. The van der Waals surface area contributed by atoms with Crippen LogP contribution in [0.1, 0.15) is 102 Å². The predicted octanol–water partition coefficient (Wildman–Crippen LogP) is 5.79. The second-order valence-corrected chi connectivity index (χ2v) is 15.4. The van der Waals surface area contributed by atoms with Gasteiger partial charge >= 0.3 is 0 Å². The van der Waals surface area contributed by atoms with Crippen molar-refractivity contribution in [1.29, 1.82) is 0 Å². The van der Waals surface area contributed by atoms with E-state index in [1.54, 1.807) is 32.6 Å². The summed E-state index contributed by atoms with van der Waals surface area (Å²) < 4.78 is 5.28. The van der Waals surface area contributed by atoms with Crippen molar-refractivity contribution in [3.05, 3.63) is 59.7 Å². The normalized spacial score (nSPS) is 18.1. The van der Waals surface area contributed by atoms with Gasteiger partial charge in [-0.15, -0.1) is 0 Å². The molecule has 316 valence electrons. The summed E-state index contributed by atoms with van der Waals surface area (Å²) >= 11 is 0. The van der Waals surface area contributed by atoms with Gasteiger partial charge in [0.05, 0.1) is 6.10 Å². The highest BCUT2D eigenvalue weighted by Gasteiger charge is 2.19. The number of anilines is 2. The lowest BCUT2D eigenvalue weighted by molar-refractivity contribution is -0.133. The number of rotatable bonds is 6. The maximum absolute atomic E-state index is 11.2. The van der Waals surface area contributed by atoms with E-state index < -0.39 is 0 Å². The molecule has 2 aromatic rings. The van der Waals surface area contributed by atoms with Crippen molar-refractivity contribution in [2.75, 3.05) is 82.9 Å². The summed E-state index contributed by atoms with van der Waals surface area (Å²) in [5, 5.41) is 3.22. The fourth-order valence-electron chi connectivity index (χ4n) is 6.59. The second-order valence-electron chi connectivity index (χ2n) is 15.4. The van der Waals surface area contributed by atoms with Crippen LogP contribution in [0.25, 0.3) is 0 Å². The van der Waals surface area contributed by atoms with E-state index in [4.69, 9.17) is 4.74 Å². The molecule has 0 spiro atoms. The number of carbonyl (C=O) groups is 6. The molecule has 2 amide bonds. The Bertz CT molecular complexity index is 1530. The van der Waals surface area contributed by atoms with E-state index in [0.717, 1.165) is 81.2 Å². The highest BCUT2D eigenvalue weighted by molar-refractivity contribution is 5.94. The third-order valence-electron chi connectivity index (χ3n) is 10.4. The van der Waals surface area contributed by atoms with Crippen molar-refractivity contribution in [3.8, 4) is 0 Å². The highest BCUT2D eigenvalue weighted by Crippen LogP contribution is 2.18. The van der Waals surface area contributed by atoms with Crippen molar-refractivity contribution < 1.29 is 33.5 Å². The first kappa shape index (κ1) is 48.7. The van der Waals surface area contributed by atoms with Gasteiger partial charge in [0.15, 0.2) is 5.78 Å². The number of carbonyl (C=O) groups excluding carboxylic acids is 6. The van der Waals surface area contributed by atoms with Crippen LogP contribution in [0, 0.1) is 5.92 Å². The van der Waals surface area contributed by atoms with Crippen LogP contribution in [0.3, 0.4) is 0 Å². The molecule has 1 atom stereocenters. The summed E-state index contributed by atoms with van der Waals surface area (Å²) in [5.74, 6) is 1.50. The largest absolute Gasteiger partial charge is 0.379 e. The van der Waals surface area contributed by atoms with Gasteiger partial charge in [-0.1, -0.05) is 12.1 Å². The van der Waals surface area contributed by atoms with Crippen molar-refractivity contribution in [1.82, 2.24) is 15.1 Å². The number of piperazine rings is 1. The maximum atomic E-state index is 11.2. The Hall–Kier alpha value is -4.42. The third kappa shape index (κ3) is 20.0. The lowest BCUT2D eigenvalue weighted by atomic mass is 9.95. The number of ether oxygens (including phenoxy) is 1. The topological polar surface area (TPSA) is 137 Å². The van der Waals surface area contributed by atoms with Gasteiger partial charge in [-0.3, -0.25) is 28.8 Å². The summed E-state index contributed by atoms with van der Waals surface area (Å²) in [6.45, 7) is 17.6. The van der Waals surface area contributed by atoms with Crippen LogP contribution in [-0.2, 0) is 35.1 Å². The lowest BCUT2D eigenvalue weighted by Gasteiger charge is -2.35. The molecule has 12 nitrogen and oxygen atoms in total. The second kappa shape index (κ2) is 26.5. The standard InChI is InChI=1S/C14H18N2O2.C11H15NO.C7H11NO2.C7H13NO.C6H12O/c1-11(17)13-3-5-14(6-4-13)16-9-7-15(8-10-16)12(2)18;1-9(13)8-10-4-6-11(7-5-10)12(2)3;1-6(9)8-4-2-7(10)3-5-8;1-6(9)7-2-4-8-5-3-7;1-6-4-2-3-5-7-6/h3-6H,7-10H2,1-2H3;4-7H,8H2,1-3H3;2-5H2,1H3;7-8H,2-5H2,1H3;6H,2-5H2,1H3. The van der Waals surface area contributed by atoms with Crippen LogP contribution >= 0.6 is 0 Å². The van der Waals surface area contributed by atoms with Gasteiger partial charge in [-0.25, -0.2) is 0 Å². The zero-order valence-electron chi connectivity index (χ0n) is 35.9. The van der Waals surface area contributed by atoms with Crippen molar-refractivity contribution in [3.63, 3.8) is 0 Å². The number of amides is 2. The Balaban J connectivity index is 0.000000256. The van der Waals surface area contributed by atoms with E-state index in [2.05, 4.69) is 17.1 Å². The average molecular weight is 792 g/mol. The highest BCUT2D eigenvalue weighted by atomic mass is 16.5. The molecule has 2 aromatic carbocycles. The van der Waals surface area contributed by atoms with Gasteiger partial charge in [0.1, 0.15) is 17.3 Å². The summed E-state index contributed by atoms with van der Waals surface area (Å²) in [7, 11) is 4.00. The molecule has 57 heavy (non-hydrogen) atoms. The molecular formula is C45H69N5O7. The number of ketones is 4. The van der Waals surface area contributed by atoms with Crippen LogP contribution in [0.5, 0.6) is 0 Å². The van der Waals surface area contributed by atoms with E-state index in [0.29, 0.717) is 50.2 Å². The molecule has 12 heteroatoms. The Morgan fingerprint density at radius 3 is 1.65 bits per heavy atom. The van der Waals surface area contributed by atoms with Gasteiger partial charge in [0.25, 0.3) is 0 Å². The molecule has 0 saturated carbocycles. The Morgan fingerprint density at radius 1 is 0.719 bits per heavy atom. The minimum Gasteiger partial charge on any atom is -0.379 e. The van der Waals surface area contributed by atoms with Crippen molar-refractivity contribution in [2.24, 2.45) is 5.92 Å². The van der Waals surface area contributed by atoms with Crippen molar-refractivity contribution in [2.45, 2.75) is 99.0 Å². The number of piperidine rings is 2. The van der Waals surface area contributed by atoms with Gasteiger partial charge in [-0.2, -0.15) is 0 Å². The van der Waals surface area contributed by atoms with E-state index >= 15 is 0 Å². The molecule has 0 bridgehead atoms. The first-order valence-corrected chi connectivity index (χ1v) is 20.5. The summed E-state index contributed by atoms with van der Waals surface area (Å²) in [6.07, 6.45) is 8.12. The molecule has 1 unspecified atom stereocenters. The lowest BCUT2D eigenvalue weighted by Crippen LogP contribution is -2.48. The fourth-order valence-corrected chi connectivity index (χ4v) is 6.59. The third-order valence-corrected chi connectivity index (χ3v) is 10.4. The number of nitrogens with zero attached hydrogens (tertiary/aromatic N) is 4. The maximum Gasteiger partial charge on any atom is 0.219 e. The summed E-state index contributed by atoms with van der Waals surface area (Å²) in [6, 6.07) is 15.7. The molecule has 1 N–H and O–H groups in total. The first-order valence-electron chi connectivity index (χ1n) is 20.5. The molecular weight excluding hydrogens is 723 g/mol. The van der Waals surface area contributed by atoms with Crippen LogP contribution in [0.4, 0.5) is 11.4 Å². The number of hydrogen-bond donors (Lipinski definition) is 1. The van der Waals surface area contributed by atoms with E-state index in [1.165, 1.54) is 26.2 Å². The van der Waals surface area contributed by atoms with Crippen LogP contribution in [-0.4, -0.2) is 124 Å². The van der Waals surface area contributed by atoms with Crippen molar-refractivity contribution >= 4 is 46.3 Å². The van der Waals surface area contributed by atoms with E-state index in [9.17, 15) is 28.8 Å². The number of benzene rings is 2. The minimum atomic E-state index is 0.0764. The molecule has 0 aliphatic carbocycles. The Morgan fingerprint density at radius 2 is 1.26 bits per heavy atom. The molecule has 4 aliphatic heterocycles. The summed E-state index contributed by atoms with van der Waals surface area (Å²) in [5.41, 5.74) is 4.09. The molecule has 4 fully saturated rings. The molecule has 4 saturated heterocycles. The van der Waals surface area contributed by atoms with E-state index in [-0.39, 0.29) is 29.2 Å². The summed E-state index contributed by atoms with van der Waals surface area (Å²) in [4.78, 5) is 73.3. The molecule has 6 rings (SSSR count). The van der Waals surface area contributed by atoms with Gasteiger partial charge in [-0.05, 0) is 115 Å². The Labute approximate surface area is 341 Å². The monoisotopic (exact) mass is 792 g/mol. The number of hydrogen-bond acceptors (Lipinski definition) is 10. The predicted molar refractivity (Wildman–Crippen MR) is 228 cm³/mol. The van der Waals surface area contributed by atoms with Crippen LogP contribution in [0.15, 0.2) is 48.5 Å². The van der Waals surface area contributed by atoms with Gasteiger partial charge < -0.3 is 29.7 Å². The van der Waals surface area contributed by atoms with Gasteiger partial charge in [0.2, 0.25) is 11.8 Å². The first-order chi connectivity index (χ1) is 27.1. The van der Waals surface area contributed by atoms with Gasteiger partial charge in [0, 0.05) is 116 Å². The fraction of sp³-hybridized carbons (Fsp3) is 0.600. The number of Topliss-reactive ketones (excluding diaryl/α,β-unsaturated/α-hetero) is 4. The molecule has 0 radical (unpaired) electrons. The zero-order valence-corrected chi connectivity index (χ0v) is 35.9. The minimum absolute atomic E-state index is 0.0764. The quantitative estimate of drug-likeness (QED) is 0.358. The smallest absolute Gasteiger partial charge is 0.219 e. The van der Waals surface area contributed by atoms with E-state index in [1.807, 2.05) is 72.4 Å². The molecule has 0 aromatic heterocycles. The molecule has 4 heterocycles. The number of likely N-dealkylation sites (tertiary alicyclic amines) is 1. The average Bonchev–Trinajstić information content (AvgIpc) is 3.20.